The minimum Gasteiger partial charge on any atom is -0.496 e. The summed E-state index contributed by atoms with van der Waals surface area (Å²) in [7, 11) is -1.69. The number of methoxy groups -OCH3 is 1. The molecule has 0 aliphatic rings. The van der Waals surface area contributed by atoms with Gasteiger partial charge in [0, 0.05) is 23.4 Å². The van der Waals surface area contributed by atoms with E-state index in [1.807, 2.05) is 6.92 Å². The van der Waals surface area contributed by atoms with E-state index in [0.29, 0.717) is 30.2 Å². The van der Waals surface area contributed by atoms with Gasteiger partial charge in [0.1, 0.15) is 5.75 Å². The van der Waals surface area contributed by atoms with E-state index in [9.17, 15) is 13.2 Å². The number of hydrogen-bond donors (Lipinski definition) is 1. The fraction of sp³-hybridized carbons (Fsp3) is 0.316. The van der Waals surface area contributed by atoms with Crippen molar-refractivity contribution in [1.29, 1.82) is 0 Å². The van der Waals surface area contributed by atoms with Crippen LogP contribution in [0.15, 0.2) is 47.4 Å². The first-order chi connectivity index (χ1) is 12.4. The van der Waals surface area contributed by atoms with Crippen molar-refractivity contribution >= 4 is 21.4 Å². The molecule has 0 aliphatic carbocycles. The van der Waals surface area contributed by atoms with E-state index in [1.54, 1.807) is 44.4 Å². The fourth-order valence-corrected chi connectivity index (χ4v) is 3.24. The molecule has 140 valence electrons. The van der Waals surface area contributed by atoms with Crippen molar-refractivity contribution in [3.63, 3.8) is 0 Å². The highest BCUT2D eigenvalue weighted by Crippen LogP contribution is 2.22. The van der Waals surface area contributed by atoms with Crippen molar-refractivity contribution in [3.8, 4) is 5.75 Å². The number of anilines is 1. The standard InChI is InChI=1S/C19H23NO5S/c1-4-25-13-15-12-14(6-11-18(15)24-3)19(21)20-16-7-9-17(10-8-16)26(22,23)5-2/h6-12H,4-5,13H2,1-3H3,(H,20,21). The number of benzene rings is 2. The van der Waals surface area contributed by atoms with Gasteiger partial charge in [0.2, 0.25) is 0 Å². The third-order valence-corrected chi connectivity index (χ3v) is 5.61. The van der Waals surface area contributed by atoms with Crippen molar-refractivity contribution < 1.29 is 22.7 Å². The molecule has 0 heterocycles. The first-order valence-electron chi connectivity index (χ1n) is 8.30. The summed E-state index contributed by atoms with van der Waals surface area (Å²) >= 11 is 0. The SMILES string of the molecule is CCOCc1cc(C(=O)Nc2ccc(S(=O)(=O)CC)cc2)ccc1OC. The normalized spacial score (nSPS) is 11.2. The Balaban J connectivity index is 2.17. The fourth-order valence-electron chi connectivity index (χ4n) is 2.36. The van der Waals surface area contributed by atoms with Crippen LogP contribution in [0, 0.1) is 0 Å². The molecule has 0 bridgehead atoms. The zero-order valence-electron chi connectivity index (χ0n) is 15.1. The Hall–Kier alpha value is -2.38. The molecule has 0 saturated heterocycles. The number of carbonyl (C=O) groups excluding carboxylic acids is 1. The van der Waals surface area contributed by atoms with Crippen LogP contribution in [0.3, 0.4) is 0 Å². The number of sulfone groups is 1. The van der Waals surface area contributed by atoms with Crippen LogP contribution in [0.25, 0.3) is 0 Å². The van der Waals surface area contributed by atoms with E-state index in [1.165, 1.54) is 12.1 Å². The molecular formula is C19H23NO5S. The predicted octanol–water partition coefficient (Wildman–Crippen LogP) is 3.28. The lowest BCUT2D eigenvalue weighted by Crippen LogP contribution is -2.13. The van der Waals surface area contributed by atoms with Gasteiger partial charge in [0.15, 0.2) is 9.84 Å². The van der Waals surface area contributed by atoms with Gasteiger partial charge in [-0.25, -0.2) is 8.42 Å². The van der Waals surface area contributed by atoms with Crippen LogP contribution in [-0.4, -0.2) is 33.8 Å². The zero-order chi connectivity index (χ0) is 19.2. The summed E-state index contributed by atoms with van der Waals surface area (Å²) in [6.45, 7) is 4.40. The van der Waals surface area contributed by atoms with Crippen molar-refractivity contribution in [2.24, 2.45) is 0 Å². The van der Waals surface area contributed by atoms with Gasteiger partial charge in [-0.15, -0.1) is 0 Å². The lowest BCUT2D eigenvalue weighted by Gasteiger charge is -2.11. The van der Waals surface area contributed by atoms with Crippen molar-refractivity contribution in [1.82, 2.24) is 0 Å². The number of amides is 1. The number of rotatable bonds is 8. The van der Waals surface area contributed by atoms with Crippen LogP contribution in [0.5, 0.6) is 5.75 Å². The molecule has 1 amide bonds. The highest BCUT2D eigenvalue weighted by molar-refractivity contribution is 7.91. The van der Waals surface area contributed by atoms with E-state index in [2.05, 4.69) is 5.32 Å². The van der Waals surface area contributed by atoms with Crippen LogP contribution in [0.2, 0.25) is 0 Å². The van der Waals surface area contributed by atoms with Gasteiger partial charge in [-0.2, -0.15) is 0 Å². The summed E-state index contributed by atoms with van der Waals surface area (Å²) in [6.07, 6.45) is 0. The van der Waals surface area contributed by atoms with E-state index in [-0.39, 0.29) is 16.6 Å². The predicted molar refractivity (Wildman–Crippen MR) is 100 cm³/mol. The molecular weight excluding hydrogens is 354 g/mol. The molecule has 0 unspecified atom stereocenters. The summed E-state index contributed by atoms with van der Waals surface area (Å²) in [5.74, 6) is 0.397. The van der Waals surface area contributed by atoms with E-state index < -0.39 is 9.84 Å². The van der Waals surface area contributed by atoms with E-state index in [0.717, 1.165) is 5.56 Å². The highest BCUT2D eigenvalue weighted by Gasteiger charge is 2.13. The average Bonchev–Trinajstić information content (AvgIpc) is 2.66. The van der Waals surface area contributed by atoms with Gasteiger partial charge in [0.25, 0.3) is 5.91 Å². The minimum atomic E-state index is -3.26. The summed E-state index contributed by atoms with van der Waals surface area (Å²) in [6, 6.07) is 11.2. The lowest BCUT2D eigenvalue weighted by molar-refractivity contribution is 0.102. The molecule has 0 atom stereocenters. The summed E-state index contributed by atoms with van der Waals surface area (Å²) in [5, 5.41) is 2.76. The van der Waals surface area contributed by atoms with Gasteiger partial charge in [-0.1, -0.05) is 6.92 Å². The monoisotopic (exact) mass is 377 g/mol. The molecule has 7 heteroatoms. The minimum absolute atomic E-state index is 0.0349. The molecule has 2 aromatic rings. The molecule has 1 N–H and O–H groups in total. The number of carbonyl (C=O) groups is 1. The maximum Gasteiger partial charge on any atom is 0.255 e. The topological polar surface area (TPSA) is 81.7 Å². The van der Waals surface area contributed by atoms with Crippen LogP contribution >= 0.6 is 0 Å². The largest absolute Gasteiger partial charge is 0.496 e. The first kappa shape index (κ1) is 19.9. The Bertz CT molecular complexity index is 860. The Labute approximate surface area is 154 Å². The average molecular weight is 377 g/mol. The van der Waals surface area contributed by atoms with E-state index in [4.69, 9.17) is 9.47 Å². The second-order valence-electron chi connectivity index (χ2n) is 5.55. The van der Waals surface area contributed by atoms with Gasteiger partial charge in [-0.3, -0.25) is 4.79 Å². The summed E-state index contributed by atoms with van der Waals surface area (Å²) in [5.41, 5.74) is 1.77. The first-order valence-corrected chi connectivity index (χ1v) is 9.95. The third-order valence-electron chi connectivity index (χ3n) is 3.86. The molecule has 2 aromatic carbocycles. The Morgan fingerprint density at radius 1 is 1.08 bits per heavy atom. The summed E-state index contributed by atoms with van der Waals surface area (Å²) in [4.78, 5) is 12.7. The zero-order valence-corrected chi connectivity index (χ0v) is 15.9. The van der Waals surface area contributed by atoms with Crippen molar-refractivity contribution in [2.75, 3.05) is 24.8 Å². The Kier molecular flexibility index (Phi) is 6.76. The quantitative estimate of drug-likeness (QED) is 0.763. The molecule has 0 spiro atoms. The molecule has 0 fully saturated rings. The van der Waals surface area contributed by atoms with Gasteiger partial charge in [-0.05, 0) is 49.4 Å². The maximum atomic E-state index is 12.5. The number of nitrogens with one attached hydrogen (secondary N) is 1. The van der Waals surface area contributed by atoms with E-state index >= 15 is 0 Å². The van der Waals surface area contributed by atoms with Crippen molar-refractivity contribution in [2.45, 2.75) is 25.3 Å². The second kappa shape index (κ2) is 8.82. The maximum absolute atomic E-state index is 12.5. The summed E-state index contributed by atoms with van der Waals surface area (Å²) < 4.78 is 34.3. The van der Waals surface area contributed by atoms with Crippen LogP contribution in [0.1, 0.15) is 29.8 Å². The van der Waals surface area contributed by atoms with Crippen LogP contribution < -0.4 is 10.1 Å². The van der Waals surface area contributed by atoms with Gasteiger partial charge >= 0.3 is 0 Å². The van der Waals surface area contributed by atoms with Crippen molar-refractivity contribution in [3.05, 3.63) is 53.6 Å². The molecule has 0 aromatic heterocycles. The smallest absolute Gasteiger partial charge is 0.255 e. The molecule has 26 heavy (non-hydrogen) atoms. The molecule has 0 aliphatic heterocycles. The molecule has 2 rings (SSSR count). The Morgan fingerprint density at radius 3 is 2.35 bits per heavy atom. The lowest BCUT2D eigenvalue weighted by atomic mass is 10.1. The van der Waals surface area contributed by atoms with Gasteiger partial charge in [0.05, 0.1) is 24.4 Å². The molecule has 6 nitrogen and oxygen atoms in total. The van der Waals surface area contributed by atoms with Gasteiger partial charge < -0.3 is 14.8 Å². The van der Waals surface area contributed by atoms with Crippen LogP contribution in [-0.2, 0) is 21.2 Å². The second-order valence-corrected chi connectivity index (χ2v) is 7.82. The highest BCUT2D eigenvalue weighted by atomic mass is 32.2. The Morgan fingerprint density at radius 2 is 1.77 bits per heavy atom. The molecule has 0 saturated carbocycles. The molecule has 0 radical (unpaired) electrons. The number of ether oxygens (including phenoxy) is 2. The third kappa shape index (κ3) is 4.83. The van der Waals surface area contributed by atoms with Crippen LogP contribution in [0.4, 0.5) is 5.69 Å². The number of hydrogen-bond acceptors (Lipinski definition) is 5.